The lowest BCUT2D eigenvalue weighted by molar-refractivity contribution is 0.286. The molecule has 5 nitrogen and oxygen atoms in total. The Morgan fingerprint density at radius 2 is 2.07 bits per heavy atom. The highest BCUT2D eigenvalue weighted by Gasteiger charge is 1.97. The van der Waals surface area contributed by atoms with Crippen LogP contribution >= 0.6 is 0 Å². The summed E-state index contributed by atoms with van der Waals surface area (Å²) in [4.78, 5) is 4.11. The zero-order valence-electron chi connectivity index (χ0n) is 8.00. The molecule has 0 aliphatic rings. The molecule has 0 bridgehead atoms. The molecule has 2 aromatic heterocycles. The first-order valence-electron chi connectivity index (χ1n) is 4.46. The molecule has 0 saturated heterocycles. The van der Waals surface area contributed by atoms with Crippen molar-refractivity contribution in [2.24, 2.45) is 0 Å². The average Bonchev–Trinajstić information content (AvgIpc) is 2.30. The maximum atomic E-state index is 5.39. The molecule has 0 amide bonds. The quantitative estimate of drug-likeness (QED) is 0.804. The Morgan fingerprint density at radius 1 is 1.13 bits per heavy atom. The predicted molar refractivity (Wildman–Crippen MR) is 55.0 cm³/mol. The lowest BCUT2D eigenvalue weighted by Gasteiger charge is -2.03. The summed E-state index contributed by atoms with van der Waals surface area (Å²) in [5.74, 6) is 0.815. The van der Waals surface area contributed by atoms with Crippen LogP contribution in [-0.4, -0.2) is 15.2 Å². The third-order valence-corrected chi connectivity index (χ3v) is 1.75. The minimum atomic E-state index is 0.374. The molecular formula is C10H10N4O. The number of aromatic nitrogens is 3. The van der Waals surface area contributed by atoms with E-state index in [1.807, 2.05) is 18.2 Å². The molecule has 2 heterocycles. The monoisotopic (exact) mass is 202 g/mol. The van der Waals surface area contributed by atoms with Crippen molar-refractivity contribution >= 4 is 5.82 Å². The van der Waals surface area contributed by atoms with Gasteiger partial charge >= 0.3 is 0 Å². The molecule has 0 unspecified atom stereocenters. The van der Waals surface area contributed by atoms with Crippen LogP contribution in [-0.2, 0) is 6.61 Å². The SMILES string of the molecule is Nc1ccc(OCc2ccccn2)nn1. The molecule has 15 heavy (non-hydrogen) atoms. The van der Waals surface area contributed by atoms with Crippen LogP contribution in [0.5, 0.6) is 5.88 Å². The summed E-state index contributed by atoms with van der Waals surface area (Å²) >= 11 is 0. The van der Waals surface area contributed by atoms with E-state index in [2.05, 4.69) is 15.2 Å². The first-order valence-corrected chi connectivity index (χ1v) is 4.46. The highest BCUT2D eigenvalue weighted by molar-refractivity contribution is 5.27. The van der Waals surface area contributed by atoms with Gasteiger partial charge in [-0.1, -0.05) is 6.07 Å². The molecule has 0 aromatic carbocycles. The van der Waals surface area contributed by atoms with E-state index in [0.29, 0.717) is 18.3 Å². The van der Waals surface area contributed by atoms with E-state index in [1.165, 1.54) is 0 Å². The van der Waals surface area contributed by atoms with Gasteiger partial charge in [0, 0.05) is 12.3 Å². The Hall–Kier alpha value is -2.17. The van der Waals surface area contributed by atoms with Gasteiger partial charge in [0.2, 0.25) is 5.88 Å². The lowest BCUT2D eigenvalue weighted by atomic mass is 10.4. The first-order chi connectivity index (χ1) is 7.34. The number of nitrogens with two attached hydrogens (primary N) is 1. The number of pyridine rings is 1. The molecule has 0 aliphatic carbocycles. The van der Waals surface area contributed by atoms with Crippen molar-refractivity contribution in [3.05, 3.63) is 42.2 Å². The van der Waals surface area contributed by atoms with E-state index >= 15 is 0 Å². The molecule has 0 saturated carbocycles. The van der Waals surface area contributed by atoms with Gasteiger partial charge in [0.05, 0.1) is 5.69 Å². The van der Waals surface area contributed by atoms with Gasteiger partial charge in [0.1, 0.15) is 12.4 Å². The van der Waals surface area contributed by atoms with Gasteiger partial charge in [0.15, 0.2) is 0 Å². The van der Waals surface area contributed by atoms with Crippen LogP contribution in [0.25, 0.3) is 0 Å². The van der Waals surface area contributed by atoms with Crippen LogP contribution in [0.15, 0.2) is 36.5 Å². The summed E-state index contributed by atoms with van der Waals surface area (Å²) < 4.78 is 5.36. The summed E-state index contributed by atoms with van der Waals surface area (Å²) in [6.07, 6.45) is 1.72. The zero-order valence-corrected chi connectivity index (χ0v) is 8.00. The van der Waals surface area contributed by atoms with Gasteiger partial charge in [0.25, 0.3) is 0 Å². The van der Waals surface area contributed by atoms with Crippen LogP contribution < -0.4 is 10.5 Å². The minimum Gasteiger partial charge on any atom is -0.470 e. The fourth-order valence-corrected chi connectivity index (χ4v) is 1.04. The maximum Gasteiger partial charge on any atom is 0.233 e. The number of nitrogen functional groups attached to an aromatic ring is 1. The second-order valence-corrected chi connectivity index (χ2v) is 2.91. The molecule has 2 N–H and O–H groups in total. The normalized spacial score (nSPS) is 9.87. The molecule has 0 aliphatic heterocycles. The summed E-state index contributed by atoms with van der Waals surface area (Å²) in [7, 11) is 0. The highest BCUT2D eigenvalue weighted by atomic mass is 16.5. The first kappa shape index (κ1) is 9.39. The standard InChI is InChI=1S/C10H10N4O/c11-9-4-5-10(14-13-9)15-7-8-3-1-2-6-12-8/h1-6H,7H2,(H2,11,13). The van der Waals surface area contributed by atoms with Crippen molar-refractivity contribution in [3.8, 4) is 5.88 Å². The van der Waals surface area contributed by atoms with Crippen molar-refractivity contribution in [2.75, 3.05) is 5.73 Å². The summed E-state index contributed by atoms with van der Waals surface area (Å²) in [6, 6.07) is 8.95. The number of anilines is 1. The molecule has 2 aromatic rings. The molecule has 5 heteroatoms. The summed E-state index contributed by atoms with van der Waals surface area (Å²) in [5.41, 5.74) is 6.24. The van der Waals surface area contributed by atoms with E-state index in [9.17, 15) is 0 Å². The van der Waals surface area contributed by atoms with Crippen LogP contribution in [0.1, 0.15) is 5.69 Å². The Kier molecular flexibility index (Phi) is 2.73. The fraction of sp³-hybridized carbons (Fsp3) is 0.100. The largest absolute Gasteiger partial charge is 0.470 e. The van der Waals surface area contributed by atoms with E-state index < -0.39 is 0 Å². The van der Waals surface area contributed by atoms with Crippen molar-refractivity contribution in [1.82, 2.24) is 15.2 Å². The topological polar surface area (TPSA) is 73.9 Å². The summed E-state index contributed by atoms with van der Waals surface area (Å²) in [5, 5.41) is 7.44. The van der Waals surface area contributed by atoms with Gasteiger partial charge in [-0.05, 0) is 18.2 Å². The third kappa shape index (κ3) is 2.63. The molecule has 0 fully saturated rings. The number of rotatable bonds is 3. The van der Waals surface area contributed by atoms with Crippen LogP contribution in [0.3, 0.4) is 0 Å². The maximum absolute atomic E-state index is 5.39. The van der Waals surface area contributed by atoms with Crippen molar-refractivity contribution in [1.29, 1.82) is 0 Å². The van der Waals surface area contributed by atoms with Crippen molar-refractivity contribution in [3.63, 3.8) is 0 Å². The Bertz CT molecular complexity index is 415. The van der Waals surface area contributed by atoms with Crippen LogP contribution in [0.2, 0.25) is 0 Å². The zero-order chi connectivity index (χ0) is 10.5. The van der Waals surface area contributed by atoms with Crippen molar-refractivity contribution in [2.45, 2.75) is 6.61 Å². The molecule has 0 radical (unpaired) electrons. The highest BCUT2D eigenvalue weighted by Crippen LogP contribution is 2.07. The third-order valence-electron chi connectivity index (χ3n) is 1.75. The van der Waals surface area contributed by atoms with E-state index in [-0.39, 0.29) is 0 Å². The molecule has 2 rings (SSSR count). The van der Waals surface area contributed by atoms with Gasteiger partial charge < -0.3 is 10.5 Å². The van der Waals surface area contributed by atoms with Crippen LogP contribution in [0, 0.1) is 0 Å². The lowest BCUT2D eigenvalue weighted by Crippen LogP contribution is -2.01. The van der Waals surface area contributed by atoms with Crippen molar-refractivity contribution < 1.29 is 4.74 Å². The van der Waals surface area contributed by atoms with Gasteiger partial charge in [-0.2, -0.15) is 0 Å². The number of ether oxygens (including phenoxy) is 1. The summed E-state index contributed by atoms with van der Waals surface area (Å²) in [6.45, 7) is 0.374. The number of hydrogen-bond acceptors (Lipinski definition) is 5. The smallest absolute Gasteiger partial charge is 0.233 e. The molecule has 76 valence electrons. The van der Waals surface area contributed by atoms with E-state index in [1.54, 1.807) is 18.3 Å². The minimum absolute atomic E-state index is 0.374. The predicted octanol–water partition coefficient (Wildman–Crippen LogP) is 1.03. The van der Waals surface area contributed by atoms with Gasteiger partial charge in [-0.15, -0.1) is 10.2 Å². The van der Waals surface area contributed by atoms with Gasteiger partial charge in [-0.3, -0.25) is 4.98 Å². The number of nitrogens with zero attached hydrogens (tertiary/aromatic N) is 3. The van der Waals surface area contributed by atoms with E-state index in [0.717, 1.165) is 5.69 Å². The molecular weight excluding hydrogens is 192 g/mol. The van der Waals surface area contributed by atoms with E-state index in [4.69, 9.17) is 10.5 Å². The fourth-order valence-electron chi connectivity index (χ4n) is 1.04. The van der Waals surface area contributed by atoms with Crippen LogP contribution in [0.4, 0.5) is 5.82 Å². The second kappa shape index (κ2) is 4.36. The Labute approximate surface area is 86.9 Å². The second-order valence-electron chi connectivity index (χ2n) is 2.91. The Balaban J connectivity index is 1.96. The average molecular weight is 202 g/mol. The Morgan fingerprint density at radius 3 is 2.73 bits per heavy atom. The number of hydrogen-bond donors (Lipinski definition) is 1. The molecule has 0 atom stereocenters. The molecule has 0 spiro atoms. The van der Waals surface area contributed by atoms with Gasteiger partial charge in [-0.25, -0.2) is 0 Å².